The van der Waals surface area contributed by atoms with Crippen LogP contribution < -0.4 is 0 Å². The molecule has 0 bridgehead atoms. The van der Waals surface area contributed by atoms with E-state index in [-0.39, 0.29) is 0 Å². The molecule has 5 heteroatoms. The third-order valence-corrected chi connectivity index (χ3v) is 8.95. The number of benzene rings is 2. The van der Waals surface area contributed by atoms with E-state index in [9.17, 15) is 8.42 Å². The van der Waals surface area contributed by atoms with Gasteiger partial charge in [-0.05, 0) is 50.8 Å². The van der Waals surface area contributed by atoms with Gasteiger partial charge in [-0.3, -0.25) is 0 Å². The SMILES string of the molecule is CC(C)(C)S(=O)(=O)CCCCCCCc1nc(-c2cccc3ccccc23)cs1. The normalized spacial score (nSPS) is 12.5. The summed E-state index contributed by atoms with van der Waals surface area (Å²) >= 11 is 1.74. The van der Waals surface area contributed by atoms with Crippen LogP contribution in [-0.4, -0.2) is 23.9 Å². The molecular formula is C24H31NO2S2. The van der Waals surface area contributed by atoms with Crippen molar-refractivity contribution in [2.75, 3.05) is 5.75 Å². The second kappa shape index (κ2) is 9.40. The fourth-order valence-corrected chi connectivity index (χ4v) is 5.44. The Bertz CT molecular complexity index is 1040. The maximum Gasteiger partial charge on any atom is 0.155 e. The van der Waals surface area contributed by atoms with Crippen molar-refractivity contribution in [3.63, 3.8) is 0 Å². The molecule has 0 radical (unpaired) electrons. The Hall–Kier alpha value is -1.72. The monoisotopic (exact) mass is 429 g/mol. The lowest BCUT2D eigenvalue weighted by Crippen LogP contribution is -2.30. The molecule has 0 N–H and O–H groups in total. The van der Waals surface area contributed by atoms with Gasteiger partial charge < -0.3 is 0 Å². The van der Waals surface area contributed by atoms with Gasteiger partial charge in [0.15, 0.2) is 9.84 Å². The van der Waals surface area contributed by atoms with E-state index in [0.717, 1.165) is 44.2 Å². The van der Waals surface area contributed by atoms with E-state index in [1.807, 2.05) is 0 Å². The van der Waals surface area contributed by atoms with Crippen molar-refractivity contribution < 1.29 is 8.42 Å². The molecule has 0 unspecified atom stereocenters. The lowest BCUT2D eigenvalue weighted by atomic mass is 10.0. The van der Waals surface area contributed by atoms with Gasteiger partial charge in [-0.2, -0.15) is 0 Å². The van der Waals surface area contributed by atoms with Gasteiger partial charge in [-0.1, -0.05) is 61.7 Å². The molecule has 3 aromatic rings. The van der Waals surface area contributed by atoms with Gasteiger partial charge in [-0.15, -0.1) is 11.3 Å². The average molecular weight is 430 g/mol. The van der Waals surface area contributed by atoms with Crippen LogP contribution in [0.3, 0.4) is 0 Å². The average Bonchev–Trinajstić information content (AvgIpc) is 3.14. The Kier molecular flexibility index (Phi) is 7.12. The van der Waals surface area contributed by atoms with E-state index in [1.54, 1.807) is 32.1 Å². The number of nitrogens with zero attached hydrogens (tertiary/aromatic N) is 1. The summed E-state index contributed by atoms with van der Waals surface area (Å²) in [6.07, 6.45) is 6.06. The number of hydrogen-bond donors (Lipinski definition) is 0. The lowest BCUT2D eigenvalue weighted by molar-refractivity contribution is 0.552. The van der Waals surface area contributed by atoms with E-state index < -0.39 is 14.6 Å². The molecule has 0 atom stereocenters. The van der Waals surface area contributed by atoms with Crippen LogP contribution in [0.2, 0.25) is 0 Å². The summed E-state index contributed by atoms with van der Waals surface area (Å²) in [6.45, 7) is 5.34. The van der Waals surface area contributed by atoms with Crippen LogP contribution in [0.5, 0.6) is 0 Å². The van der Waals surface area contributed by atoms with Crippen LogP contribution in [0.15, 0.2) is 47.8 Å². The van der Waals surface area contributed by atoms with E-state index in [2.05, 4.69) is 47.8 Å². The Morgan fingerprint density at radius 1 is 0.897 bits per heavy atom. The molecule has 3 rings (SSSR count). The fourth-order valence-electron chi connectivity index (χ4n) is 3.40. The summed E-state index contributed by atoms with van der Waals surface area (Å²) in [4.78, 5) is 4.86. The van der Waals surface area contributed by atoms with Crippen LogP contribution in [-0.2, 0) is 16.3 Å². The molecule has 1 heterocycles. The smallest absolute Gasteiger partial charge is 0.155 e. The van der Waals surface area contributed by atoms with Crippen LogP contribution in [0.1, 0.15) is 57.9 Å². The third kappa shape index (κ3) is 5.67. The molecule has 156 valence electrons. The summed E-state index contributed by atoms with van der Waals surface area (Å²) in [6, 6.07) is 14.8. The van der Waals surface area contributed by atoms with Gasteiger partial charge in [-0.25, -0.2) is 13.4 Å². The van der Waals surface area contributed by atoms with Crippen LogP contribution in [0.4, 0.5) is 0 Å². The number of rotatable bonds is 9. The minimum Gasteiger partial charge on any atom is -0.241 e. The summed E-state index contributed by atoms with van der Waals surface area (Å²) in [5.41, 5.74) is 2.26. The van der Waals surface area contributed by atoms with Crippen molar-refractivity contribution >= 4 is 31.9 Å². The molecule has 0 saturated carbocycles. The molecule has 0 aliphatic rings. The number of hydrogen-bond acceptors (Lipinski definition) is 4. The topological polar surface area (TPSA) is 47.0 Å². The number of thiazole rings is 1. The maximum atomic E-state index is 12.1. The first-order valence-electron chi connectivity index (χ1n) is 10.4. The first kappa shape index (κ1) is 22.0. The van der Waals surface area contributed by atoms with Crippen molar-refractivity contribution in [1.29, 1.82) is 0 Å². The Morgan fingerprint density at radius 3 is 2.38 bits per heavy atom. The number of fused-ring (bicyclic) bond motifs is 1. The van der Waals surface area contributed by atoms with Gasteiger partial charge in [0.05, 0.1) is 21.2 Å². The van der Waals surface area contributed by atoms with E-state index in [4.69, 9.17) is 4.98 Å². The van der Waals surface area contributed by atoms with Crippen LogP contribution in [0, 0.1) is 0 Å². The molecule has 2 aromatic carbocycles. The molecule has 0 amide bonds. The van der Waals surface area contributed by atoms with Gasteiger partial charge in [0, 0.05) is 10.9 Å². The predicted octanol–water partition coefficient (Wildman–Crippen LogP) is 6.67. The van der Waals surface area contributed by atoms with Gasteiger partial charge >= 0.3 is 0 Å². The largest absolute Gasteiger partial charge is 0.241 e. The molecule has 0 spiro atoms. The molecule has 0 fully saturated rings. The van der Waals surface area contributed by atoms with Crippen molar-refractivity contribution in [1.82, 2.24) is 4.98 Å². The lowest BCUT2D eigenvalue weighted by Gasteiger charge is -2.18. The van der Waals surface area contributed by atoms with E-state index in [0.29, 0.717) is 5.75 Å². The molecule has 29 heavy (non-hydrogen) atoms. The molecule has 0 saturated heterocycles. The highest BCUT2D eigenvalue weighted by Crippen LogP contribution is 2.30. The first-order chi connectivity index (χ1) is 13.8. The predicted molar refractivity (Wildman–Crippen MR) is 125 cm³/mol. The van der Waals surface area contributed by atoms with Gasteiger partial charge in [0.2, 0.25) is 0 Å². The highest BCUT2D eigenvalue weighted by molar-refractivity contribution is 7.92. The fraction of sp³-hybridized carbons (Fsp3) is 0.458. The highest BCUT2D eigenvalue weighted by atomic mass is 32.2. The highest BCUT2D eigenvalue weighted by Gasteiger charge is 2.27. The zero-order valence-corrected chi connectivity index (χ0v) is 19.3. The van der Waals surface area contributed by atoms with Crippen molar-refractivity contribution in [2.24, 2.45) is 0 Å². The molecule has 1 aromatic heterocycles. The Morgan fingerprint density at radius 2 is 1.59 bits per heavy atom. The second-order valence-electron chi connectivity index (χ2n) is 8.60. The Labute approximate surface area is 179 Å². The molecule has 0 aliphatic carbocycles. The summed E-state index contributed by atoms with van der Waals surface area (Å²) < 4.78 is 23.6. The number of aryl methyl sites for hydroxylation is 1. The number of aromatic nitrogens is 1. The van der Waals surface area contributed by atoms with Crippen molar-refractivity contribution in [3.05, 3.63) is 52.9 Å². The zero-order valence-electron chi connectivity index (χ0n) is 17.6. The van der Waals surface area contributed by atoms with Crippen molar-refractivity contribution in [2.45, 2.75) is 64.0 Å². The quantitative estimate of drug-likeness (QED) is 0.357. The summed E-state index contributed by atoms with van der Waals surface area (Å²) in [5.74, 6) is 0.303. The standard InChI is InChI=1S/C24H31NO2S2/c1-24(2,3)29(26,27)17-10-6-4-5-7-16-23-25-22(18-28-23)21-15-11-13-19-12-8-9-14-20(19)21/h8-9,11-15,18H,4-7,10,16-17H2,1-3H3. The molecular weight excluding hydrogens is 398 g/mol. The summed E-state index contributed by atoms with van der Waals surface area (Å²) in [7, 11) is -2.98. The number of unbranched alkanes of at least 4 members (excludes halogenated alkanes) is 4. The third-order valence-electron chi connectivity index (χ3n) is 5.35. The van der Waals surface area contributed by atoms with E-state index >= 15 is 0 Å². The van der Waals surface area contributed by atoms with Crippen LogP contribution in [0.25, 0.3) is 22.0 Å². The minimum absolute atomic E-state index is 0.303. The maximum absolute atomic E-state index is 12.1. The van der Waals surface area contributed by atoms with E-state index in [1.165, 1.54) is 21.3 Å². The second-order valence-corrected chi connectivity index (χ2v) is 12.4. The number of sulfone groups is 1. The minimum atomic E-state index is -2.98. The first-order valence-corrected chi connectivity index (χ1v) is 13.0. The summed E-state index contributed by atoms with van der Waals surface area (Å²) in [5, 5.41) is 5.84. The molecule has 3 nitrogen and oxygen atoms in total. The van der Waals surface area contributed by atoms with Gasteiger partial charge in [0.1, 0.15) is 0 Å². The zero-order chi connectivity index (χ0) is 20.9. The van der Waals surface area contributed by atoms with Crippen molar-refractivity contribution in [3.8, 4) is 11.3 Å². The Balaban J connectivity index is 1.45. The van der Waals surface area contributed by atoms with Crippen LogP contribution >= 0.6 is 11.3 Å². The molecule has 0 aliphatic heterocycles. The van der Waals surface area contributed by atoms with Gasteiger partial charge in [0.25, 0.3) is 0 Å².